The molecule has 0 bridgehead atoms. The molecule has 3 heterocycles. The van der Waals surface area contributed by atoms with Gasteiger partial charge in [-0.2, -0.15) is 0 Å². The van der Waals surface area contributed by atoms with Crippen LogP contribution in [-0.4, -0.2) is 27.5 Å². The van der Waals surface area contributed by atoms with Crippen LogP contribution in [0.1, 0.15) is 37.9 Å². The van der Waals surface area contributed by atoms with Crippen LogP contribution in [0.15, 0.2) is 11.4 Å². The van der Waals surface area contributed by atoms with E-state index in [4.69, 9.17) is 10.8 Å². The second-order valence-corrected chi connectivity index (χ2v) is 7.04. The number of hydrogen-bond acceptors (Lipinski definition) is 6. The molecular weight excluding hydrogens is 282 g/mol. The highest BCUT2D eigenvalue weighted by atomic mass is 32.1. The Labute approximate surface area is 128 Å². The predicted octanol–water partition coefficient (Wildman–Crippen LogP) is 2.74. The number of rotatable bonds is 3. The van der Waals surface area contributed by atoms with Gasteiger partial charge >= 0.3 is 0 Å². The Morgan fingerprint density at radius 2 is 2.19 bits per heavy atom. The first-order valence-electron chi connectivity index (χ1n) is 7.80. The molecule has 2 fully saturated rings. The standard InChI is InChI=1S/C15H21N5S/c16-19-14-11-6-8-21-15(11)18-13(17-14)9-20-7-5-10-3-1-2-4-12(10)20/h6,8,10,12H,1-5,7,9,16H2,(H,17,18,19). The smallest absolute Gasteiger partial charge is 0.152 e. The molecule has 4 rings (SSSR count). The fraction of sp³-hybridized carbons (Fsp3) is 0.600. The van der Waals surface area contributed by atoms with Crippen LogP contribution in [0.2, 0.25) is 0 Å². The summed E-state index contributed by atoms with van der Waals surface area (Å²) in [5, 5.41) is 3.06. The number of nitrogens with one attached hydrogen (secondary N) is 1. The highest BCUT2D eigenvalue weighted by Gasteiger charge is 2.35. The Balaban J connectivity index is 1.59. The molecule has 1 saturated heterocycles. The highest BCUT2D eigenvalue weighted by molar-refractivity contribution is 7.16. The lowest BCUT2D eigenvalue weighted by Crippen LogP contribution is -2.34. The Bertz CT molecular complexity index is 640. The molecule has 6 heteroatoms. The molecular formula is C15H21N5S. The fourth-order valence-corrected chi connectivity index (χ4v) is 4.74. The quantitative estimate of drug-likeness (QED) is 0.674. The number of hydrogen-bond donors (Lipinski definition) is 2. The summed E-state index contributed by atoms with van der Waals surface area (Å²) in [6, 6.07) is 2.77. The van der Waals surface area contributed by atoms with Gasteiger partial charge in [0.15, 0.2) is 5.82 Å². The molecule has 2 aromatic heterocycles. The van der Waals surface area contributed by atoms with E-state index in [1.807, 2.05) is 11.4 Å². The zero-order chi connectivity index (χ0) is 14.2. The fourth-order valence-electron chi connectivity index (χ4n) is 3.96. The van der Waals surface area contributed by atoms with Crippen molar-refractivity contribution in [3.8, 4) is 0 Å². The molecule has 2 atom stereocenters. The van der Waals surface area contributed by atoms with Gasteiger partial charge in [-0.15, -0.1) is 11.3 Å². The summed E-state index contributed by atoms with van der Waals surface area (Å²) in [6.07, 6.45) is 6.87. The zero-order valence-electron chi connectivity index (χ0n) is 12.1. The van der Waals surface area contributed by atoms with E-state index >= 15 is 0 Å². The van der Waals surface area contributed by atoms with Crippen molar-refractivity contribution in [3.05, 3.63) is 17.3 Å². The number of thiophene rings is 1. The molecule has 2 aromatic rings. The minimum atomic E-state index is 0.746. The van der Waals surface area contributed by atoms with Crippen LogP contribution in [0.5, 0.6) is 0 Å². The van der Waals surface area contributed by atoms with Crippen LogP contribution in [0.3, 0.4) is 0 Å². The van der Waals surface area contributed by atoms with Gasteiger partial charge < -0.3 is 5.43 Å². The van der Waals surface area contributed by atoms with E-state index in [0.29, 0.717) is 0 Å². The molecule has 1 aliphatic heterocycles. The summed E-state index contributed by atoms with van der Waals surface area (Å²) >= 11 is 1.65. The second-order valence-electron chi connectivity index (χ2n) is 6.14. The summed E-state index contributed by atoms with van der Waals surface area (Å²) in [5.41, 5.74) is 2.71. The van der Waals surface area contributed by atoms with Gasteiger partial charge in [-0.25, -0.2) is 15.8 Å². The van der Waals surface area contributed by atoms with Crippen LogP contribution in [0, 0.1) is 5.92 Å². The Morgan fingerprint density at radius 1 is 1.29 bits per heavy atom. The van der Waals surface area contributed by atoms with Crippen molar-refractivity contribution in [3.63, 3.8) is 0 Å². The maximum atomic E-state index is 5.61. The minimum absolute atomic E-state index is 0.746. The molecule has 0 amide bonds. The average molecular weight is 303 g/mol. The van der Waals surface area contributed by atoms with Crippen LogP contribution >= 0.6 is 11.3 Å². The Hall–Kier alpha value is -1.24. The van der Waals surface area contributed by atoms with Crippen molar-refractivity contribution in [2.45, 2.75) is 44.7 Å². The van der Waals surface area contributed by atoms with E-state index in [9.17, 15) is 0 Å². The van der Waals surface area contributed by atoms with E-state index in [2.05, 4.69) is 15.3 Å². The molecule has 0 radical (unpaired) electrons. The van der Waals surface area contributed by atoms with Crippen LogP contribution in [-0.2, 0) is 6.54 Å². The van der Waals surface area contributed by atoms with Gasteiger partial charge in [-0.3, -0.25) is 4.90 Å². The van der Waals surface area contributed by atoms with Crippen molar-refractivity contribution in [2.24, 2.45) is 11.8 Å². The summed E-state index contributed by atoms with van der Waals surface area (Å²) in [6.45, 7) is 2.04. The second kappa shape index (κ2) is 5.51. The Kier molecular flexibility index (Phi) is 3.52. The summed E-state index contributed by atoms with van der Waals surface area (Å²) in [5.74, 6) is 8.15. The summed E-state index contributed by atoms with van der Waals surface area (Å²) in [4.78, 5) is 12.9. The monoisotopic (exact) mass is 303 g/mol. The largest absolute Gasteiger partial charge is 0.308 e. The molecule has 0 spiro atoms. The van der Waals surface area contributed by atoms with Crippen molar-refractivity contribution in [2.75, 3.05) is 12.0 Å². The first kappa shape index (κ1) is 13.4. The lowest BCUT2D eigenvalue weighted by atomic mass is 9.85. The lowest BCUT2D eigenvalue weighted by Gasteiger charge is -2.31. The van der Waals surface area contributed by atoms with Gasteiger partial charge in [-0.05, 0) is 43.2 Å². The predicted molar refractivity (Wildman–Crippen MR) is 86.0 cm³/mol. The van der Waals surface area contributed by atoms with Crippen molar-refractivity contribution < 1.29 is 0 Å². The Morgan fingerprint density at radius 3 is 3.10 bits per heavy atom. The number of aromatic nitrogens is 2. The molecule has 2 unspecified atom stereocenters. The first-order valence-corrected chi connectivity index (χ1v) is 8.68. The summed E-state index contributed by atoms with van der Waals surface area (Å²) in [7, 11) is 0. The molecule has 1 aliphatic carbocycles. The number of nitrogens with two attached hydrogens (primary N) is 1. The van der Waals surface area contributed by atoms with Gasteiger partial charge in [-0.1, -0.05) is 12.8 Å². The van der Waals surface area contributed by atoms with E-state index in [-0.39, 0.29) is 0 Å². The molecule has 1 saturated carbocycles. The van der Waals surface area contributed by atoms with Crippen LogP contribution in [0.25, 0.3) is 10.2 Å². The van der Waals surface area contributed by atoms with Crippen molar-refractivity contribution in [1.29, 1.82) is 0 Å². The van der Waals surface area contributed by atoms with E-state index < -0.39 is 0 Å². The highest BCUT2D eigenvalue weighted by Crippen LogP contribution is 2.37. The van der Waals surface area contributed by atoms with Gasteiger partial charge in [0.1, 0.15) is 10.7 Å². The van der Waals surface area contributed by atoms with Crippen molar-refractivity contribution in [1.82, 2.24) is 14.9 Å². The first-order chi connectivity index (χ1) is 10.3. The van der Waals surface area contributed by atoms with Gasteiger partial charge in [0.25, 0.3) is 0 Å². The number of nitrogens with zero attached hydrogens (tertiary/aromatic N) is 3. The van der Waals surface area contributed by atoms with Crippen LogP contribution in [0.4, 0.5) is 5.82 Å². The zero-order valence-corrected chi connectivity index (χ0v) is 12.9. The molecule has 2 aliphatic rings. The molecule has 21 heavy (non-hydrogen) atoms. The lowest BCUT2D eigenvalue weighted by molar-refractivity contribution is 0.173. The third-order valence-corrected chi connectivity index (χ3v) is 5.78. The number of likely N-dealkylation sites (tertiary alicyclic amines) is 1. The molecule has 0 aromatic carbocycles. The number of nitrogen functional groups attached to an aromatic ring is 1. The van der Waals surface area contributed by atoms with Crippen molar-refractivity contribution >= 4 is 27.4 Å². The van der Waals surface area contributed by atoms with E-state index in [1.54, 1.807) is 11.3 Å². The van der Waals surface area contributed by atoms with Gasteiger partial charge in [0, 0.05) is 6.04 Å². The normalized spacial score (nSPS) is 26.1. The molecule has 112 valence electrons. The summed E-state index contributed by atoms with van der Waals surface area (Å²) < 4.78 is 0. The maximum Gasteiger partial charge on any atom is 0.152 e. The maximum absolute atomic E-state index is 5.61. The number of hydrazine groups is 1. The van der Waals surface area contributed by atoms with Gasteiger partial charge in [0.05, 0.1) is 11.9 Å². The number of fused-ring (bicyclic) bond motifs is 2. The molecule has 3 N–H and O–H groups in total. The third-order valence-electron chi connectivity index (χ3n) is 4.98. The average Bonchev–Trinajstić information content (AvgIpc) is 3.14. The van der Waals surface area contributed by atoms with Gasteiger partial charge in [0.2, 0.25) is 0 Å². The minimum Gasteiger partial charge on any atom is -0.308 e. The third kappa shape index (κ3) is 2.41. The number of anilines is 1. The van der Waals surface area contributed by atoms with Crippen LogP contribution < -0.4 is 11.3 Å². The van der Waals surface area contributed by atoms with E-state index in [1.165, 1.54) is 38.6 Å². The SMILES string of the molecule is NNc1nc(CN2CCC3CCCCC32)nc2sccc12. The topological polar surface area (TPSA) is 67.1 Å². The molecule has 5 nitrogen and oxygen atoms in total. The van der Waals surface area contributed by atoms with E-state index in [0.717, 1.165) is 40.4 Å².